The second-order valence-corrected chi connectivity index (χ2v) is 4.01. The Morgan fingerprint density at radius 1 is 1.29 bits per heavy atom. The Labute approximate surface area is 101 Å². The highest BCUT2D eigenvalue weighted by Crippen LogP contribution is 2.31. The number of nitrogen functional groups attached to an aromatic ring is 1. The van der Waals surface area contributed by atoms with Crippen LogP contribution in [0.2, 0.25) is 0 Å². The molecule has 0 radical (unpaired) electrons. The average Bonchev–Trinajstić information content (AvgIpc) is 2.38. The molecule has 7 nitrogen and oxygen atoms in total. The van der Waals surface area contributed by atoms with Gasteiger partial charge in [-0.1, -0.05) is 0 Å². The van der Waals surface area contributed by atoms with Gasteiger partial charge in [-0.05, 0) is 7.05 Å². The zero-order chi connectivity index (χ0) is 12.3. The molecule has 1 aliphatic rings. The molecule has 3 N–H and O–H groups in total. The first-order valence-corrected chi connectivity index (χ1v) is 5.55. The van der Waals surface area contributed by atoms with Crippen LogP contribution in [0.4, 0.5) is 11.6 Å². The molecule has 1 saturated heterocycles. The number of rotatable bonds is 3. The number of hydrazine groups is 1. The van der Waals surface area contributed by atoms with Gasteiger partial charge >= 0.3 is 0 Å². The van der Waals surface area contributed by atoms with Crippen LogP contribution in [-0.2, 0) is 0 Å². The maximum Gasteiger partial charge on any atom is 0.205 e. The fourth-order valence-corrected chi connectivity index (χ4v) is 1.90. The van der Waals surface area contributed by atoms with E-state index in [-0.39, 0.29) is 0 Å². The van der Waals surface area contributed by atoms with E-state index in [2.05, 4.69) is 32.2 Å². The van der Waals surface area contributed by atoms with Crippen LogP contribution < -0.4 is 20.9 Å². The van der Waals surface area contributed by atoms with E-state index in [1.165, 1.54) is 6.33 Å². The summed E-state index contributed by atoms with van der Waals surface area (Å²) in [5.74, 6) is 7.30. The number of nitrogens with two attached hydrogens (primary N) is 1. The third kappa shape index (κ3) is 2.40. The molecule has 0 aromatic carbocycles. The predicted molar refractivity (Wildman–Crippen MR) is 66.1 cm³/mol. The molecule has 7 heteroatoms. The van der Waals surface area contributed by atoms with Gasteiger partial charge in [0.2, 0.25) is 5.75 Å². The van der Waals surface area contributed by atoms with Gasteiger partial charge in [0.25, 0.3) is 0 Å². The molecular weight excluding hydrogens is 220 g/mol. The zero-order valence-corrected chi connectivity index (χ0v) is 10.2. The summed E-state index contributed by atoms with van der Waals surface area (Å²) in [6, 6.07) is 0. The van der Waals surface area contributed by atoms with E-state index in [0.29, 0.717) is 11.6 Å². The number of hydrogen-bond acceptors (Lipinski definition) is 7. The van der Waals surface area contributed by atoms with Crippen molar-refractivity contribution in [2.24, 2.45) is 5.84 Å². The lowest BCUT2D eigenvalue weighted by Gasteiger charge is -2.33. The van der Waals surface area contributed by atoms with Crippen LogP contribution in [0.25, 0.3) is 0 Å². The standard InChI is InChI=1S/C10H18N6O/c1-15-3-5-16(6-4-15)10-8(17-2)9(14-11)12-7-13-10/h7H,3-6,11H2,1-2H3,(H,12,13,14). The largest absolute Gasteiger partial charge is 0.490 e. The first-order chi connectivity index (χ1) is 8.26. The van der Waals surface area contributed by atoms with Gasteiger partial charge in [-0.2, -0.15) is 0 Å². The van der Waals surface area contributed by atoms with Gasteiger partial charge in [0.15, 0.2) is 11.6 Å². The number of anilines is 2. The smallest absolute Gasteiger partial charge is 0.205 e. The highest BCUT2D eigenvalue weighted by atomic mass is 16.5. The first kappa shape index (κ1) is 11.9. The normalized spacial score (nSPS) is 17.0. The van der Waals surface area contributed by atoms with Crippen LogP contribution in [-0.4, -0.2) is 55.2 Å². The summed E-state index contributed by atoms with van der Waals surface area (Å²) in [5, 5.41) is 0. The predicted octanol–water partition coefficient (Wildman–Crippen LogP) is -0.477. The Morgan fingerprint density at radius 2 is 2.00 bits per heavy atom. The third-order valence-corrected chi connectivity index (χ3v) is 2.93. The monoisotopic (exact) mass is 238 g/mol. The van der Waals surface area contributed by atoms with E-state index in [1.54, 1.807) is 7.11 Å². The summed E-state index contributed by atoms with van der Waals surface area (Å²) in [6.07, 6.45) is 1.49. The van der Waals surface area contributed by atoms with Gasteiger partial charge in [-0.25, -0.2) is 15.8 Å². The van der Waals surface area contributed by atoms with Crippen molar-refractivity contribution in [2.75, 3.05) is 50.7 Å². The average molecular weight is 238 g/mol. The minimum atomic E-state index is 0.511. The van der Waals surface area contributed by atoms with E-state index >= 15 is 0 Å². The van der Waals surface area contributed by atoms with Crippen LogP contribution in [0.1, 0.15) is 0 Å². The number of ether oxygens (including phenoxy) is 1. The molecule has 0 spiro atoms. The number of aromatic nitrogens is 2. The molecule has 1 aromatic rings. The molecular formula is C10H18N6O. The van der Waals surface area contributed by atoms with Crippen molar-refractivity contribution in [1.29, 1.82) is 0 Å². The van der Waals surface area contributed by atoms with Gasteiger partial charge < -0.3 is 20.0 Å². The number of hydrogen-bond donors (Lipinski definition) is 2. The molecule has 94 valence electrons. The van der Waals surface area contributed by atoms with Crippen molar-refractivity contribution >= 4 is 11.6 Å². The minimum absolute atomic E-state index is 0.511. The summed E-state index contributed by atoms with van der Waals surface area (Å²) in [7, 11) is 3.71. The summed E-state index contributed by atoms with van der Waals surface area (Å²) in [6.45, 7) is 3.87. The van der Waals surface area contributed by atoms with Crippen molar-refractivity contribution in [3.8, 4) is 5.75 Å². The molecule has 0 saturated carbocycles. The Morgan fingerprint density at radius 3 is 2.59 bits per heavy atom. The van der Waals surface area contributed by atoms with Crippen LogP contribution in [0.15, 0.2) is 6.33 Å². The Bertz CT molecular complexity index is 377. The summed E-state index contributed by atoms with van der Waals surface area (Å²) >= 11 is 0. The van der Waals surface area contributed by atoms with Crippen LogP contribution in [0, 0.1) is 0 Å². The molecule has 2 rings (SSSR count). The lowest BCUT2D eigenvalue weighted by atomic mass is 10.3. The van der Waals surface area contributed by atoms with E-state index in [1.807, 2.05) is 0 Å². The Hall–Kier alpha value is -1.60. The highest BCUT2D eigenvalue weighted by molar-refractivity contribution is 5.64. The molecule has 0 unspecified atom stereocenters. The zero-order valence-electron chi connectivity index (χ0n) is 10.2. The molecule has 2 heterocycles. The summed E-state index contributed by atoms with van der Waals surface area (Å²) < 4.78 is 5.32. The van der Waals surface area contributed by atoms with Crippen LogP contribution >= 0.6 is 0 Å². The fraction of sp³-hybridized carbons (Fsp3) is 0.600. The number of methoxy groups -OCH3 is 1. The summed E-state index contributed by atoms with van der Waals surface area (Å²) in [4.78, 5) is 12.8. The second kappa shape index (κ2) is 5.15. The lowest BCUT2D eigenvalue weighted by molar-refractivity contribution is 0.310. The molecule has 17 heavy (non-hydrogen) atoms. The Balaban J connectivity index is 2.25. The minimum Gasteiger partial charge on any atom is -0.490 e. The maximum absolute atomic E-state index is 5.40. The van der Waals surface area contributed by atoms with E-state index in [4.69, 9.17) is 10.6 Å². The Kier molecular flexibility index (Phi) is 3.60. The lowest BCUT2D eigenvalue weighted by Crippen LogP contribution is -2.45. The van der Waals surface area contributed by atoms with Gasteiger partial charge in [-0.15, -0.1) is 0 Å². The summed E-state index contributed by atoms with van der Waals surface area (Å²) in [5.41, 5.74) is 2.52. The van der Waals surface area contributed by atoms with Gasteiger partial charge in [0.1, 0.15) is 6.33 Å². The SMILES string of the molecule is COc1c(NN)ncnc1N1CCN(C)CC1. The number of nitrogens with zero attached hydrogens (tertiary/aromatic N) is 4. The van der Waals surface area contributed by atoms with Gasteiger partial charge in [-0.3, -0.25) is 0 Å². The van der Waals surface area contributed by atoms with Crippen LogP contribution in [0.5, 0.6) is 5.75 Å². The first-order valence-electron chi connectivity index (χ1n) is 5.55. The quantitative estimate of drug-likeness (QED) is 0.544. The molecule has 1 aliphatic heterocycles. The molecule has 0 atom stereocenters. The maximum atomic E-state index is 5.40. The van der Waals surface area contributed by atoms with Gasteiger partial charge in [0, 0.05) is 26.2 Å². The van der Waals surface area contributed by atoms with E-state index in [0.717, 1.165) is 32.0 Å². The fourth-order valence-electron chi connectivity index (χ4n) is 1.90. The topological polar surface area (TPSA) is 79.5 Å². The van der Waals surface area contributed by atoms with Crippen molar-refractivity contribution in [3.05, 3.63) is 6.33 Å². The third-order valence-electron chi connectivity index (χ3n) is 2.93. The van der Waals surface area contributed by atoms with Crippen molar-refractivity contribution in [2.45, 2.75) is 0 Å². The van der Waals surface area contributed by atoms with Crippen molar-refractivity contribution < 1.29 is 4.74 Å². The number of nitrogens with one attached hydrogen (secondary N) is 1. The van der Waals surface area contributed by atoms with Gasteiger partial charge in [0.05, 0.1) is 7.11 Å². The van der Waals surface area contributed by atoms with Crippen molar-refractivity contribution in [3.63, 3.8) is 0 Å². The second-order valence-electron chi connectivity index (χ2n) is 4.01. The molecule has 1 aromatic heterocycles. The van der Waals surface area contributed by atoms with E-state index < -0.39 is 0 Å². The molecule has 1 fully saturated rings. The van der Waals surface area contributed by atoms with Crippen LogP contribution in [0.3, 0.4) is 0 Å². The number of piperazine rings is 1. The molecule has 0 bridgehead atoms. The molecule has 0 amide bonds. The molecule has 0 aliphatic carbocycles. The van der Waals surface area contributed by atoms with Crippen molar-refractivity contribution in [1.82, 2.24) is 14.9 Å². The van der Waals surface area contributed by atoms with E-state index in [9.17, 15) is 0 Å². The highest BCUT2D eigenvalue weighted by Gasteiger charge is 2.21. The number of likely N-dealkylation sites (N-methyl/N-ethyl adjacent to an activating group) is 1.